The lowest BCUT2D eigenvalue weighted by Crippen LogP contribution is -1.83. The quantitative estimate of drug-likeness (QED) is 0.556. The summed E-state index contributed by atoms with van der Waals surface area (Å²) in [6, 6.07) is 13.7. The lowest BCUT2D eigenvalue weighted by Gasteiger charge is -2.02. The molecule has 0 saturated heterocycles. The fourth-order valence-corrected chi connectivity index (χ4v) is 3.45. The summed E-state index contributed by atoms with van der Waals surface area (Å²) in [4.78, 5) is 4.69. The molecule has 3 rings (SSSR count). The molecule has 0 atom stereocenters. The van der Waals surface area contributed by atoms with E-state index in [1.165, 1.54) is 5.56 Å². The van der Waals surface area contributed by atoms with E-state index in [-0.39, 0.29) is 0 Å². The number of nitrogens with zero attached hydrogens (tertiary/aromatic N) is 1. The summed E-state index contributed by atoms with van der Waals surface area (Å²) in [6.07, 6.45) is 0. The van der Waals surface area contributed by atoms with E-state index in [4.69, 9.17) is 28.2 Å². The maximum atomic E-state index is 6.23. The van der Waals surface area contributed by atoms with Gasteiger partial charge in [-0.25, -0.2) is 4.98 Å². The standard InChI is InChI=1S/C16H11Cl2NS/c1-10-4-2-3-5-12(10)16-19-15(9-20-16)13-7-6-11(17)8-14(13)18/h2-9H,1H3. The van der Waals surface area contributed by atoms with E-state index in [2.05, 4.69) is 19.1 Å². The van der Waals surface area contributed by atoms with Gasteiger partial charge in [0.2, 0.25) is 0 Å². The minimum absolute atomic E-state index is 0.624. The molecular formula is C16H11Cl2NS. The van der Waals surface area contributed by atoms with Crippen molar-refractivity contribution in [1.29, 1.82) is 0 Å². The first-order chi connectivity index (χ1) is 9.65. The maximum absolute atomic E-state index is 6.23. The maximum Gasteiger partial charge on any atom is 0.124 e. The monoisotopic (exact) mass is 319 g/mol. The van der Waals surface area contributed by atoms with Crippen LogP contribution in [0.2, 0.25) is 10.0 Å². The summed E-state index contributed by atoms with van der Waals surface area (Å²) >= 11 is 13.8. The fraction of sp³-hybridized carbons (Fsp3) is 0.0625. The Bertz CT molecular complexity index is 765. The SMILES string of the molecule is Cc1ccccc1-c1nc(-c2ccc(Cl)cc2Cl)cs1. The van der Waals surface area contributed by atoms with Crippen LogP contribution in [-0.4, -0.2) is 4.98 Å². The molecule has 0 bridgehead atoms. The second kappa shape index (κ2) is 5.57. The highest BCUT2D eigenvalue weighted by molar-refractivity contribution is 7.13. The van der Waals surface area contributed by atoms with Crippen LogP contribution in [0.4, 0.5) is 0 Å². The van der Waals surface area contributed by atoms with Crippen molar-refractivity contribution in [3.63, 3.8) is 0 Å². The second-order valence-electron chi connectivity index (χ2n) is 4.48. The molecule has 1 aromatic heterocycles. The molecule has 0 aliphatic rings. The Balaban J connectivity index is 2.04. The minimum atomic E-state index is 0.624. The summed E-state index contributed by atoms with van der Waals surface area (Å²) in [7, 11) is 0. The van der Waals surface area contributed by atoms with Crippen LogP contribution >= 0.6 is 34.5 Å². The summed E-state index contributed by atoms with van der Waals surface area (Å²) in [5.41, 5.74) is 4.17. The average molecular weight is 320 g/mol. The van der Waals surface area contributed by atoms with Crippen LogP contribution in [0.5, 0.6) is 0 Å². The molecule has 0 saturated carbocycles. The smallest absolute Gasteiger partial charge is 0.124 e. The van der Waals surface area contributed by atoms with Gasteiger partial charge < -0.3 is 0 Å². The van der Waals surface area contributed by atoms with Crippen molar-refractivity contribution in [2.75, 3.05) is 0 Å². The van der Waals surface area contributed by atoms with Gasteiger partial charge in [0, 0.05) is 21.5 Å². The first-order valence-corrected chi connectivity index (χ1v) is 7.75. The molecule has 0 radical (unpaired) electrons. The molecule has 1 nitrogen and oxygen atoms in total. The van der Waals surface area contributed by atoms with Crippen LogP contribution in [0.25, 0.3) is 21.8 Å². The third-order valence-electron chi connectivity index (χ3n) is 3.09. The van der Waals surface area contributed by atoms with Crippen LogP contribution < -0.4 is 0 Å². The van der Waals surface area contributed by atoms with Crippen LogP contribution in [-0.2, 0) is 0 Å². The Morgan fingerprint density at radius 3 is 2.55 bits per heavy atom. The molecule has 20 heavy (non-hydrogen) atoms. The number of thiazole rings is 1. The molecule has 3 aromatic rings. The number of rotatable bonds is 2. The van der Waals surface area contributed by atoms with Gasteiger partial charge in [-0.15, -0.1) is 11.3 Å². The van der Waals surface area contributed by atoms with Gasteiger partial charge in [0.05, 0.1) is 10.7 Å². The number of halogens is 2. The van der Waals surface area contributed by atoms with Gasteiger partial charge in [0.1, 0.15) is 5.01 Å². The fourth-order valence-electron chi connectivity index (χ4n) is 2.03. The Hall–Kier alpha value is -1.35. The van der Waals surface area contributed by atoms with E-state index >= 15 is 0 Å². The molecule has 0 unspecified atom stereocenters. The molecule has 0 aliphatic heterocycles. The Labute approximate surface area is 131 Å². The summed E-state index contributed by atoms with van der Waals surface area (Å²) < 4.78 is 0. The third kappa shape index (κ3) is 2.59. The van der Waals surface area contributed by atoms with Crippen LogP contribution in [0, 0.1) is 6.92 Å². The zero-order valence-electron chi connectivity index (χ0n) is 10.7. The molecule has 0 fully saturated rings. The Morgan fingerprint density at radius 1 is 1.00 bits per heavy atom. The Kier molecular flexibility index (Phi) is 3.79. The van der Waals surface area contributed by atoms with Gasteiger partial charge in [-0.05, 0) is 30.7 Å². The first kappa shape index (κ1) is 13.6. The normalized spacial score (nSPS) is 10.8. The van der Waals surface area contributed by atoms with Crippen molar-refractivity contribution < 1.29 is 0 Å². The molecule has 0 N–H and O–H groups in total. The van der Waals surface area contributed by atoms with Crippen molar-refractivity contribution in [3.05, 3.63) is 63.5 Å². The zero-order chi connectivity index (χ0) is 14.1. The molecular weight excluding hydrogens is 309 g/mol. The summed E-state index contributed by atoms with van der Waals surface area (Å²) in [5.74, 6) is 0. The van der Waals surface area contributed by atoms with Gasteiger partial charge >= 0.3 is 0 Å². The molecule has 4 heteroatoms. The van der Waals surface area contributed by atoms with Gasteiger partial charge in [-0.3, -0.25) is 0 Å². The molecule has 0 amide bonds. The lowest BCUT2D eigenvalue weighted by molar-refractivity contribution is 1.37. The van der Waals surface area contributed by atoms with Gasteiger partial charge in [-0.2, -0.15) is 0 Å². The zero-order valence-corrected chi connectivity index (χ0v) is 13.1. The van der Waals surface area contributed by atoms with E-state index < -0.39 is 0 Å². The first-order valence-electron chi connectivity index (χ1n) is 6.12. The number of hydrogen-bond acceptors (Lipinski definition) is 2. The van der Waals surface area contributed by atoms with E-state index in [1.54, 1.807) is 17.4 Å². The van der Waals surface area contributed by atoms with Crippen LogP contribution in [0.15, 0.2) is 47.8 Å². The number of hydrogen-bond donors (Lipinski definition) is 0. The topological polar surface area (TPSA) is 12.9 Å². The molecule has 100 valence electrons. The predicted octanol–water partition coefficient (Wildman–Crippen LogP) is 6.09. The van der Waals surface area contributed by atoms with Crippen LogP contribution in [0.3, 0.4) is 0 Å². The number of benzene rings is 2. The van der Waals surface area contributed by atoms with Crippen molar-refractivity contribution in [2.45, 2.75) is 6.92 Å². The van der Waals surface area contributed by atoms with Gasteiger partial charge in [-0.1, -0.05) is 47.5 Å². The highest BCUT2D eigenvalue weighted by Crippen LogP contribution is 2.34. The summed E-state index contributed by atoms with van der Waals surface area (Å²) in [5, 5.41) is 4.29. The highest BCUT2D eigenvalue weighted by atomic mass is 35.5. The molecule has 0 spiro atoms. The molecule has 1 heterocycles. The van der Waals surface area contributed by atoms with Crippen molar-refractivity contribution in [2.24, 2.45) is 0 Å². The van der Waals surface area contributed by atoms with E-state index in [9.17, 15) is 0 Å². The van der Waals surface area contributed by atoms with Gasteiger partial charge in [0.25, 0.3) is 0 Å². The van der Waals surface area contributed by atoms with E-state index in [1.807, 2.05) is 29.6 Å². The third-order valence-corrected chi connectivity index (χ3v) is 4.51. The highest BCUT2D eigenvalue weighted by Gasteiger charge is 2.11. The van der Waals surface area contributed by atoms with E-state index in [0.29, 0.717) is 10.0 Å². The molecule has 2 aromatic carbocycles. The van der Waals surface area contributed by atoms with Crippen molar-refractivity contribution >= 4 is 34.5 Å². The number of aryl methyl sites for hydroxylation is 1. The largest absolute Gasteiger partial charge is 0.236 e. The van der Waals surface area contributed by atoms with Crippen molar-refractivity contribution in [3.8, 4) is 21.8 Å². The second-order valence-corrected chi connectivity index (χ2v) is 6.18. The van der Waals surface area contributed by atoms with E-state index in [0.717, 1.165) is 21.8 Å². The minimum Gasteiger partial charge on any atom is -0.236 e. The van der Waals surface area contributed by atoms with Crippen molar-refractivity contribution in [1.82, 2.24) is 4.98 Å². The number of aromatic nitrogens is 1. The average Bonchev–Trinajstić information content (AvgIpc) is 2.88. The summed E-state index contributed by atoms with van der Waals surface area (Å²) in [6.45, 7) is 2.09. The Morgan fingerprint density at radius 2 is 1.80 bits per heavy atom. The lowest BCUT2D eigenvalue weighted by atomic mass is 10.1. The molecule has 0 aliphatic carbocycles. The predicted molar refractivity (Wildman–Crippen MR) is 87.7 cm³/mol. The van der Waals surface area contributed by atoms with Crippen LogP contribution in [0.1, 0.15) is 5.56 Å². The van der Waals surface area contributed by atoms with Gasteiger partial charge in [0.15, 0.2) is 0 Å².